The molecular formula is C20H28N4O. The summed E-state index contributed by atoms with van der Waals surface area (Å²) in [7, 11) is 0. The van der Waals surface area contributed by atoms with Crippen LogP contribution in [0.4, 0.5) is 0 Å². The van der Waals surface area contributed by atoms with Gasteiger partial charge in [-0.2, -0.15) is 5.10 Å². The molecule has 1 N–H and O–H groups in total. The molecule has 0 aliphatic carbocycles. The van der Waals surface area contributed by atoms with Crippen molar-refractivity contribution in [2.45, 2.75) is 46.1 Å². The molecule has 0 saturated carbocycles. The van der Waals surface area contributed by atoms with Crippen LogP contribution >= 0.6 is 0 Å². The van der Waals surface area contributed by atoms with E-state index in [4.69, 9.17) is 0 Å². The Morgan fingerprint density at radius 3 is 2.64 bits per heavy atom. The molecule has 1 atom stereocenters. The number of aryl methyl sites for hydroxylation is 1. The number of para-hydroxylation sites is 1. The highest BCUT2D eigenvalue weighted by Crippen LogP contribution is 2.17. The fourth-order valence-corrected chi connectivity index (χ4v) is 3.55. The fraction of sp³-hybridized carbons (Fsp3) is 0.500. The van der Waals surface area contributed by atoms with Gasteiger partial charge in [0.05, 0.1) is 23.1 Å². The lowest BCUT2D eigenvalue weighted by Gasteiger charge is -2.29. The third kappa shape index (κ3) is 4.10. The molecule has 1 aromatic heterocycles. The van der Waals surface area contributed by atoms with Crippen molar-refractivity contribution in [3.05, 3.63) is 47.3 Å². The molecule has 1 saturated heterocycles. The van der Waals surface area contributed by atoms with E-state index >= 15 is 0 Å². The van der Waals surface area contributed by atoms with Crippen molar-refractivity contribution >= 4 is 5.91 Å². The van der Waals surface area contributed by atoms with Gasteiger partial charge in [0, 0.05) is 12.6 Å². The number of carbonyl (C=O) groups is 1. The lowest BCUT2D eigenvalue weighted by molar-refractivity contribution is 0.0925. The smallest absolute Gasteiger partial charge is 0.255 e. The van der Waals surface area contributed by atoms with E-state index in [-0.39, 0.29) is 11.9 Å². The molecule has 2 aromatic rings. The van der Waals surface area contributed by atoms with Crippen LogP contribution in [-0.2, 0) is 0 Å². The topological polar surface area (TPSA) is 50.2 Å². The van der Waals surface area contributed by atoms with Gasteiger partial charge in [0.2, 0.25) is 0 Å². The first-order chi connectivity index (χ1) is 12.1. The minimum Gasteiger partial charge on any atom is -0.348 e. The first kappa shape index (κ1) is 17.7. The van der Waals surface area contributed by atoms with Crippen molar-refractivity contribution < 1.29 is 4.79 Å². The summed E-state index contributed by atoms with van der Waals surface area (Å²) in [4.78, 5) is 15.1. The van der Waals surface area contributed by atoms with E-state index < -0.39 is 0 Å². The van der Waals surface area contributed by atoms with E-state index in [1.54, 1.807) is 6.20 Å². The summed E-state index contributed by atoms with van der Waals surface area (Å²) in [5.74, 6) is -0.0400. The average Bonchev–Trinajstić information content (AvgIpc) is 2.97. The van der Waals surface area contributed by atoms with E-state index in [2.05, 4.69) is 35.2 Å². The molecule has 1 fully saturated rings. The maximum atomic E-state index is 12.7. The van der Waals surface area contributed by atoms with Gasteiger partial charge in [-0.05, 0) is 58.3 Å². The normalized spacial score (nSPS) is 16.6. The number of benzene rings is 1. The van der Waals surface area contributed by atoms with Crippen molar-refractivity contribution in [2.75, 3.05) is 19.6 Å². The predicted octanol–water partition coefficient (Wildman–Crippen LogP) is 3.09. The molecule has 3 rings (SSSR count). The maximum absolute atomic E-state index is 12.7. The maximum Gasteiger partial charge on any atom is 0.255 e. The lowest BCUT2D eigenvalue weighted by atomic mass is 10.1. The molecule has 1 aromatic carbocycles. The van der Waals surface area contributed by atoms with Crippen LogP contribution in [0.15, 0.2) is 30.5 Å². The predicted molar refractivity (Wildman–Crippen MR) is 100 cm³/mol. The lowest BCUT2D eigenvalue weighted by Crippen LogP contribution is -2.43. The Kier molecular flexibility index (Phi) is 5.53. The second-order valence-corrected chi connectivity index (χ2v) is 7.08. The van der Waals surface area contributed by atoms with E-state index in [0.717, 1.165) is 36.6 Å². The Balaban J connectivity index is 1.67. The number of aromatic nitrogens is 2. The number of rotatable bonds is 5. The van der Waals surface area contributed by atoms with E-state index in [0.29, 0.717) is 5.56 Å². The van der Waals surface area contributed by atoms with Crippen molar-refractivity contribution in [3.8, 4) is 5.69 Å². The third-order valence-electron chi connectivity index (χ3n) is 4.96. The zero-order chi connectivity index (χ0) is 17.8. The van der Waals surface area contributed by atoms with Crippen molar-refractivity contribution in [1.29, 1.82) is 0 Å². The molecular weight excluding hydrogens is 312 g/mol. The van der Waals surface area contributed by atoms with Gasteiger partial charge in [0.1, 0.15) is 0 Å². The Labute approximate surface area is 150 Å². The Morgan fingerprint density at radius 1 is 1.20 bits per heavy atom. The standard InChI is InChI=1S/C20H28N4O/c1-15-9-5-6-10-19(15)24-17(3)18(13-21-24)20(25)22-16(2)14-23-11-7-4-8-12-23/h5-6,9-10,13,16H,4,7-8,11-12,14H2,1-3H3,(H,22,25)/t16-/m1/s1. The van der Waals surface area contributed by atoms with Gasteiger partial charge in [-0.3, -0.25) is 4.79 Å². The van der Waals surface area contributed by atoms with Crippen molar-refractivity contribution in [1.82, 2.24) is 20.0 Å². The molecule has 0 spiro atoms. The summed E-state index contributed by atoms with van der Waals surface area (Å²) < 4.78 is 1.85. The van der Waals surface area contributed by atoms with Crippen LogP contribution in [0.25, 0.3) is 5.69 Å². The number of hydrogen-bond acceptors (Lipinski definition) is 3. The number of nitrogens with one attached hydrogen (secondary N) is 1. The molecule has 0 radical (unpaired) electrons. The number of likely N-dealkylation sites (tertiary alicyclic amines) is 1. The monoisotopic (exact) mass is 340 g/mol. The quantitative estimate of drug-likeness (QED) is 0.910. The summed E-state index contributed by atoms with van der Waals surface area (Å²) in [5.41, 5.74) is 3.67. The Hall–Kier alpha value is -2.14. The zero-order valence-electron chi connectivity index (χ0n) is 15.5. The third-order valence-corrected chi connectivity index (χ3v) is 4.96. The van der Waals surface area contributed by atoms with Crippen molar-refractivity contribution in [3.63, 3.8) is 0 Å². The van der Waals surface area contributed by atoms with Crippen LogP contribution < -0.4 is 5.32 Å². The van der Waals surface area contributed by atoms with Gasteiger partial charge >= 0.3 is 0 Å². The molecule has 5 heteroatoms. The van der Waals surface area contributed by atoms with Gasteiger partial charge in [0.25, 0.3) is 5.91 Å². The van der Waals surface area contributed by atoms with Crippen molar-refractivity contribution in [2.24, 2.45) is 0 Å². The van der Waals surface area contributed by atoms with Crippen LogP contribution in [-0.4, -0.2) is 46.3 Å². The SMILES string of the molecule is Cc1ccccc1-n1ncc(C(=O)N[C@H](C)CN2CCCCC2)c1C. The summed E-state index contributed by atoms with van der Waals surface area (Å²) in [6.07, 6.45) is 5.53. The number of piperidine rings is 1. The Bertz CT molecular complexity index is 731. The van der Waals surface area contributed by atoms with Gasteiger partial charge in [-0.15, -0.1) is 0 Å². The minimum absolute atomic E-state index is 0.0400. The molecule has 25 heavy (non-hydrogen) atoms. The van der Waals surface area contributed by atoms with Gasteiger partial charge < -0.3 is 10.2 Å². The minimum atomic E-state index is -0.0400. The largest absolute Gasteiger partial charge is 0.348 e. The van der Waals surface area contributed by atoms with E-state index in [1.165, 1.54) is 19.3 Å². The van der Waals surface area contributed by atoms with Crippen LogP contribution in [0.5, 0.6) is 0 Å². The highest BCUT2D eigenvalue weighted by atomic mass is 16.1. The highest BCUT2D eigenvalue weighted by molar-refractivity contribution is 5.95. The average molecular weight is 340 g/mol. The Morgan fingerprint density at radius 2 is 1.92 bits per heavy atom. The first-order valence-corrected chi connectivity index (χ1v) is 9.20. The van der Waals surface area contributed by atoms with Crippen LogP contribution in [0.2, 0.25) is 0 Å². The summed E-state index contributed by atoms with van der Waals surface area (Å²) in [6.45, 7) is 9.28. The van der Waals surface area contributed by atoms with Gasteiger partial charge in [-0.25, -0.2) is 4.68 Å². The summed E-state index contributed by atoms with van der Waals surface area (Å²) >= 11 is 0. The molecule has 0 bridgehead atoms. The molecule has 1 amide bonds. The first-order valence-electron chi connectivity index (χ1n) is 9.20. The van der Waals surface area contributed by atoms with Gasteiger partial charge in [-0.1, -0.05) is 24.6 Å². The fourth-order valence-electron chi connectivity index (χ4n) is 3.55. The van der Waals surface area contributed by atoms with Crippen LogP contribution in [0, 0.1) is 13.8 Å². The molecule has 1 aliphatic rings. The van der Waals surface area contributed by atoms with Crippen LogP contribution in [0.3, 0.4) is 0 Å². The van der Waals surface area contributed by atoms with Crippen LogP contribution in [0.1, 0.15) is 47.8 Å². The number of amides is 1. The molecule has 134 valence electrons. The molecule has 5 nitrogen and oxygen atoms in total. The molecule has 1 aliphatic heterocycles. The zero-order valence-corrected chi connectivity index (χ0v) is 15.5. The summed E-state index contributed by atoms with van der Waals surface area (Å²) in [5, 5.41) is 7.57. The summed E-state index contributed by atoms with van der Waals surface area (Å²) in [6, 6.07) is 8.21. The van der Waals surface area contributed by atoms with Gasteiger partial charge in [0.15, 0.2) is 0 Å². The van der Waals surface area contributed by atoms with E-state index in [1.807, 2.05) is 29.8 Å². The second-order valence-electron chi connectivity index (χ2n) is 7.08. The number of hydrogen-bond donors (Lipinski definition) is 1. The molecule has 2 heterocycles. The molecule has 0 unspecified atom stereocenters. The number of carbonyl (C=O) groups excluding carboxylic acids is 1. The van der Waals surface area contributed by atoms with E-state index in [9.17, 15) is 4.79 Å². The number of nitrogens with zero attached hydrogens (tertiary/aromatic N) is 3. The highest BCUT2D eigenvalue weighted by Gasteiger charge is 2.19. The second kappa shape index (κ2) is 7.83.